The molecule has 0 spiro atoms. The van der Waals surface area contributed by atoms with Crippen LogP contribution in [0.5, 0.6) is 0 Å². The summed E-state index contributed by atoms with van der Waals surface area (Å²) >= 11 is 0. The molecule has 1 aliphatic rings. The summed E-state index contributed by atoms with van der Waals surface area (Å²) in [5.74, 6) is -0.203. The van der Waals surface area contributed by atoms with Crippen molar-refractivity contribution >= 4 is 16.8 Å². The number of aromatic nitrogens is 3. The molecule has 34 heavy (non-hydrogen) atoms. The molecule has 0 bridgehead atoms. The van der Waals surface area contributed by atoms with Crippen molar-refractivity contribution in [1.82, 2.24) is 24.6 Å². The van der Waals surface area contributed by atoms with Crippen LogP contribution in [0.25, 0.3) is 16.6 Å². The van der Waals surface area contributed by atoms with E-state index in [4.69, 9.17) is 0 Å². The topological polar surface area (TPSA) is 54.3 Å². The Balaban J connectivity index is 1.30. The first kappa shape index (κ1) is 22.2. The number of carbonyl (C=O) groups is 1. The van der Waals surface area contributed by atoms with E-state index >= 15 is 0 Å². The number of hydrogen-bond acceptors (Lipinski definition) is 4. The molecule has 0 atom stereocenters. The SMILES string of the molecule is CC(C)c1c(C(=O)N2CCN(Cc3cccc4cccnc34)CC2)cnn1-c1ccc(F)cc1. The second-order valence-corrected chi connectivity index (χ2v) is 9.05. The standard InChI is InChI=1S/C27H28FN5O/c1-19(2)26-24(17-30-33(26)23-10-8-22(28)9-11-23)27(34)32-15-13-31(14-16-32)18-21-6-3-5-20-7-4-12-29-25(20)21/h3-12,17,19H,13-16,18H2,1-2H3. The van der Waals surface area contributed by atoms with Gasteiger partial charge in [0.2, 0.25) is 0 Å². The van der Waals surface area contributed by atoms with E-state index in [1.807, 2.05) is 31.0 Å². The maximum absolute atomic E-state index is 13.4. The van der Waals surface area contributed by atoms with Gasteiger partial charge in [0.25, 0.3) is 5.91 Å². The van der Waals surface area contributed by atoms with Crippen LogP contribution in [0.1, 0.15) is 41.4 Å². The Bertz CT molecular complexity index is 1300. The Morgan fingerprint density at radius 1 is 1.00 bits per heavy atom. The molecule has 5 rings (SSSR count). The Kier molecular flexibility index (Phi) is 6.11. The number of hydrogen-bond donors (Lipinski definition) is 0. The molecule has 6 nitrogen and oxygen atoms in total. The van der Waals surface area contributed by atoms with Gasteiger partial charge in [0.1, 0.15) is 5.82 Å². The highest BCUT2D eigenvalue weighted by atomic mass is 19.1. The van der Waals surface area contributed by atoms with Gasteiger partial charge in [0.05, 0.1) is 28.7 Å². The van der Waals surface area contributed by atoms with E-state index in [-0.39, 0.29) is 17.6 Å². The molecular weight excluding hydrogens is 429 g/mol. The summed E-state index contributed by atoms with van der Waals surface area (Å²) in [5.41, 5.74) is 4.46. The molecule has 0 radical (unpaired) electrons. The molecule has 4 aromatic rings. The van der Waals surface area contributed by atoms with Crippen LogP contribution in [0.4, 0.5) is 4.39 Å². The van der Waals surface area contributed by atoms with Crippen molar-refractivity contribution < 1.29 is 9.18 Å². The number of halogens is 1. The van der Waals surface area contributed by atoms with Gasteiger partial charge in [-0.1, -0.05) is 38.1 Å². The molecule has 1 fully saturated rings. The van der Waals surface area contributed by atoms with Crippen molar-refractivity contribution in [3.05, 3.63) is 89.6 Å². The smallest absolute Gasteiger partial charge is 0.257 e. The van der Waals surface area contributed by atoms with Crippen LogP contribution in [0.2, 0.25) is 0 Å². The van der Waals surface area contributed by atoms with Crippen molar-refractivity contribution in [2.75, 3.05) is 26.2 Å². The highest BCUT2D eigenvalue weighted by molar-refractivity contribution is 5.95. The van der Waals surface area contributed by atoms with Crippen molar-refractivity contribution in [3.8, 4) is 5.69 Å². The fourth-order valence-corrected chi connectivity index (χ4v) is 4.68. The molecule has 1 saturated heterocycles. The fourth-order valence-electron chi connectivity index (χ4n) is 4.68. The minimum Gasteiger partial charge on any atom is -0.336 e. The van der Waals surface area contributed by atoms with Crippen LogP contribution in [-0.4, -0.2) is 56.7 Å². The van der Waals surface area contributed by atoms with Gasteiger partial charge in [0.15, 0.2) is 0 Å². The molecule has 7 heteroatoms. The van der Waals surface area contributed by atoms with Gasteiger partial charge in [-0.2, -0.15) is 5.10 Å². The van der Waals surface area contributed by atoms with Crippen LogP contribution in [-0.2, 0) is 6.54 Å². The molecule has 0 aliphatic carbocycles. The van der Waals surface area contributed by atoms with Crippen LogP contribution in [0.3, 0.4) is 0 Å². The number of benzene rings is 2. The zero-order chi connectivity index (χ0) is 23.7. The average Bonchev–Trinajstić information content (AvgIpc) is 3.30. The van der Waals surface area contributed by atoms with Gasteiger partial charge in [-0.15, -0.1) is 0 Å². The molecule has 2 aromatic carbocycles. The number of para-hydroxylation sites is 1. The highest BCUT2D eigenvalue weighted by Crippen LogP contribution is 2.25. The van der Waals surface area contributed by atoms with Crippen LogP contribution < -0.4 is 0 Å². The third kappa shape index (κ3) is 4.31. The van der Waals surface area contributed by atoms with Crippen LogP contribution in [0.15, 0.2) is 67.0 Å². The number of piperazine rings is 1. The lowest BCUT2D eigenvalue weighted by Crippen LogP contribution is -2.48. The maximum atomic E-state index is 13.4. The summed E-state index contributed by atoms with van der Waals surface area (Å²) < 4.78 is 15.1. The zero-order valence-corrected chi connectivity index (χ0v) is 19.5. The van der Waals surface area contributed by atoms with E-state index in [1.165, 1.54) is 17.7 Å². The van der Waals surface area contributed by atoms with E-state index in [1.54, 1.807) is 23.0 Å². The zero-order valence-electron chi connectivity index (χ0n) is 19.5. The van der Waals surface area contributed by atoms with Crippen LogP contribution >= 0.6 is 0 Å². The van der Waals surface area contributed by atoms with Crippen LogP contribution in [0, 0.1) is 5.82 Å². The fraction of sp³-hybridized carbons (Fsp3) is 0.296. The number of carbonyl (C=O) groups excluding carboxylic acids is 1. The van der Waals surface area contributed by atoms with Gasteiger partial charge in [0, 0.05) is 44.3 Å². The molecular formula is C27H28FN5O. The largest absolute Gasteiger partial charge is 0.336 e. The predicted molar refractivity (Wildman–Crippen MR) is 131 cm³/mol. The van der Waals surface area contributed by atoms with E-state index in [2.05, 4.69) is 39.2 Å². The normalized spacial score (nSPS) is 14.8. The van der Waals surface area contributed by atoms with Crippen molar-refractivity contribution in [1.29, 1.82) is 0 Å². The molecule has 174 valence electrons. The monoisotopic (exact) mass is 457 g/mol. The molecule has 1 amide bonds. The summed E-state index contributed by atoms with van der Waals surface area (Å²) in [6.45, 7) is 7.84. The molecule has 3 heterocycles. The minimum atomic E-state index is -0.296. The minimum absolute atomic E-state index is 0.00328. The number of nitrogens with zero attached hydrogens (tertiary/aromatic N) is 5. The first-order valence-electron chi connectivity index (χ1n) is 11.7. The Labute approximate surface area is 198 Å². The van der Waals surface area contributed by atoms with E-state index < -0.39 is 0 Å². The van der Waals surface area contributed by atoms with Gasteiger partial charge in [-0.25, -0.2) is 9.07 Å². The lowest BCUT2D eigenvalue weighted by molar-refractivity contribution is 0.0627. The summed E-state index contributed by atoms with van der Waals surface area (Å²) in [4.78, 5) is 22.3. The lowest BCUT2D eigenvalue weighted by atomic mass is 10.0. The average molecular weight is 458 g/mol. The molecule has 0 unspecified atom stereocenters. The third-order valence-electron chi connectivity index (χ3n) is 6.42. The molecule has 0 saturated carbocycles. The van der Waals surface area contributed by atoms with Gasteiger partial charge < -0.3 is 4.90 Å². The Morgan fingerprint density at radius 2 is 1.74 bits per heavy atom. The van der Waals surface area contributed by atoms with Crippen molar-refractivity contribution in [3.63, 3.8) is 0 Å². The molecule has 2 aromatic heterocycles. The quantitative estimate of drug-likeness (QED) is 0.438. The summed E-state index contributed by atoms with van der Waals surface area (Å²) in [6, 6.07) is 16.5. The second-order valence-electron chi connectivity index (χ2n) is 9.05. The first-order chi connectivity index (χ1) is 16.5. The third-order valence-corrected chi connectivity index (χ3v) is 6.42. The number of pyridine rings is 1. The van der Waals surface area contributed by atoms with Crippen molar-refractivity contribution in [2.24, 2.45) is 0 Å². The number of fused-ring (bicyclic) bond motifs is 1. The first-order valence-corrected chi connectivity index (χ1v) is 11.7. The number of amides is 1. The van der Waals surface area contributed by atoms with Gasteiger partial charge in [-0.3, -0.25) is 14.7 Å². The molecule has 0 N–H and O–H groups in total. The lowest BCUT2D eigenvalue weighted by Gasteiger charge is -2.35. The van der Waals surface area contributed by atoms with E-state index in [0.717, 1.165) is 41.9 Å². The summed E-state index contributed by atoms with van der Waals surface area (Å²) in [7, 11) is 0. The Hall–Kier alpha value is -3.58. The maximum Gasteiger partial charge on any atom is 0.257 e. The summed E-state index contributed by atoms with van der Waals surface area (Å²) in [6.07, 6.45) is 3.48. The van der Waals surface area contributed by atoms with Crippen molar-refractivity contribution in [2.45, 2.75) is 26.3 Å². The highest BCUT2D eigenvalue weighted by Gasteiger charge is 2.27. The number of rotatable bonds is 5. The van der Waals surface area contributed by atoms with Gasteiger partial charge in [-0.05, 0) is 41.8 Å². The van der Waals surface area contributed by atoms with E-state index in [0.29, 0.717) is 18.7 Å². The van der Waals surface area contributed by atoms with E-state index in [9.17, 15) is 9.18 Å². The predicted octanol–water partition coefficient (Wildman–Crippen LogP) is 4.64. The molecule has 1 aliphatic heterocycles. The second kappa shape index (κ2) is 9.35. The Morgan fingerprint density at radius 3 is 2.47 bits per heavy atom. The summed E-state index contributed by atoms with van der Waals surface area (Å²) in [5, 5.41) is 5.63. The van der Waals surface area contributed by atoms with Gasteiger partial charge >= 0.3 is 0 Å².